The summed E-state index contributed by atoms with van der Waals surface area (Å²) in [6.07, 6.45) is 0. The van der Waals surface area contributed by atoms with Crippen LogP contribution in [0.25, 0.3) is 0 Å². The Morgan fingerprint density at radius 2 is 1.70 bits per heavy atom. The maximum atomic E-state index is 13.1. The van der Waals surface area contributed by atoms with Crippen LogP contribution in [0, 0.1) is 0 Å². The van der Waals surface area contributed by atoms with Gasteiger partial charge in [0.05, 0.1) is 5.69 Å². The maximum absolute atomic E-state index is 13.1. The van der Waals surface area contributed by atoms with E-state index in [1.54, 1.807) is 25.1 Å². The molecule has 1 aliphatic heterocycles. The Hall–Kier alpha value is -1.73. The molecule has 0 amide bonds. The normalized spacial score (nSPS) is 13.7. The minimum absolute atomic E-state index is 0.160. The van der Waals surface area contributed by atoms with Gasteiger partial charge in [0.1, 0.15) is 18.1 Å². The van der Waals surface area contributed by atoms with E-state index in [1.165, 1.54) is 10.4 Å². The van der Waals surface area contributed by atoms with E-state index >= 15 is 0 Å². The number of nitrogens with zero attached hydrogens (tertiary/aromatic N) is 1. The number of halogens is 1. The molecule has 0 unspecified atom stereocenters. The summed E-state index contributed by atoms with van der Waals surface area (Å²) < 4.78 is 38.9. The van der Waals surface area contributed by atoms with Gasteiger partial charge < -0.3 is 9.47 Å². The van der Waals surface area contributed by atoms with Gasteiger partial charge in [0.15, 0.2) is 11.5 Å². The number of fused-ring (bicyclic) bond motifs is 1. The SMILES string of the molecule is CCN(c1ccccc1)S(=O)(=O)c1cc2c(cc1Br)OCCO2. The third kappa shape index (κ3) is 3.03. The van der Waals surface area contributed by atoms with E-state index in [9.17, 15) is 8.42 Å². The molecule has 0 N–H and O–H groups in total. The third-order valence-corrected chi connectivity index (χ3v) is 6.36. The van der Waals surface area contributed by atoms with Gasteiger partial charge in [0.2, 0.25) is 0 Å². The molecule has 5 nitrogen and oxygen atoms in total. The zero-order valence-electron chi connectivity index (χ0n) is 12.5. The fraction of sp³-hybridized carbons (Fsp3) is 0.250. The second-order valence-electron chi connectivity index (χ2n) is 4.93. The summed E-state index contributed by atoms with van der Waals surface area (Å²) in [5.74, 6) is 0.993. The van der Waals surface area contributed by atoms with Gasteiger partial charge in [-0.15, -0.1) is 0 Å². The molecule has 1 heterocycles. The Morgan fingerprint density at radius 3 is 2.30 bits per heavy atom. The van der Waals surface area contributed by atoms with Gasteiger partial charge >= 0.3 is 0 Å². The van der Waals surface area contributed by atoms with Gasteiger partial charge in [-0.25, -0.2) is 8.42 Å². The van der Waals surface area contributed by atoms with Crippen molar-refractivity contribution in [1.82, 2.24) is 0 Å². The molecular weight excluding hydrogens is 382 g/mol. The summed E-state index contributed by atoms with van der Waals surface area (Å²) >= 11 is 3.34. The minimum atomic E-state index is -3.72. The molecule has 0 aliphatic carbocycles. The molecular formula is C16H16BrNO4S. The average molecular weight is 398 g/mol. The van der Waals surface area contributed by atoms with E-state index in [2.05, 4.69) is 15.9 Å². The van der Waals surface area contributed by atoms with E-state index < -0.39 is 10.0 Å². The van der Waals surface area contributed by atoms with Crippen LogP contribution in [0.2, 0.25) is 0 Å². The highest BCUT2D eigenvalue weighted by Gasteiger charge is 2.28. The lowest BCUT2D eigenvalue weighted by Crippen LogP contribution is -2.31. The predicted molar refractivity (Wildman–Crippen MR) is 91.8 cm³/mol. The minimum Gasteiger partial charge on any atom is -0.486 e. The molecule has 1 aliphatic rings. The van der Waals surface area contributed by atoms with Gasteiger partial charge in [-0.3, -0.25) is 4.31 Å². The van der Waals surface area contributed by atoms with Crippen molar-refractivity contribution in [2.24, 2.45) is 0 Å². The number of hydrogen-bond acceptors (Lipinski definition) is 4. The van der Waals surface area contributed by atoms with E-state index in [0.717, 1.165) is 0 Å². The van der Waals surface area contributed by atoms with E-state index in [1.807, 2.05) is 18.2 Å². The molecule has 0 saturated heterocycles. The van der Waals surface area contributed by atoms with Crippen LogP contribution in [0.3, 0.4) is 0 Å². The van der Waals surface area contributed by atoms with Gasteiger partial charge in [-0.2, -0.15) is 0 Å². The number of hydrogen-bond donors (Lipinski definition) is 0. The van der Waals surface area contributed by atoms with Crippen LogP contribution < -0.4 is 13.8 Å². The summed E-state index contributed by atoms with van der Waals surface area (Å²) in [7, 11) is -3.72. The Bertz CT molecular complexity index is 808. The summed E-state index contributed by atoms with van der Waals surface area (Å²) in [5.41, 5.74) is 0.622. The fourth-order valence-electron chi connectivity index (χ4n) is 2.45. The quantitative estimate of drug-likeness (QED) is 0.792. The van der Waals surface area contributed by atoms with Crippen molar-refractivity contribution >= 4 is 31.6 Å². The first-order valence-corrected chi connectivity index (χ1v) is 9.44. The second kappa shape index (κ2) is 6.41. The Kier molecular flexibility index (Phi) is 4.50. The van der Waals surface area contributed by atoms with Gasteiger partial charge in [-0.05, 0) is 41.1 Å². The first kappa shape index (κ1) is 16.1. The Morgan fingerprint density at radius 1 is 1.09 bits per heavy atom. The molecule has 23 heavy (non-hydrogen) atoms. The van der Waals surface area contributed by atoms with Crippen molar-refractivity contribution in [1.29, 1.82) is 0 Å². The number of anilines is 1. The molecule has 0 bridgehead atoms. The van der Waals surface area contributed by atoms with Crippen LogP contribution in [-0.2, 0) is 10.0 Å². The molecule has 2 aromatic carbocycles. The highest BCUT2D eigenvalue weighted by molar-refractivity contribution is 9.10. The predicted octanol–water partition coefficient (Wildman–Crippen LogP) is 3.44. The second-order valence-corrected chi connectivity index (χ2v) is 7.62. The molecule has 0 aromatic heterocycles. The lowest BCUT2D eigenvalue weighted by molar-refractivity contribution is 0.171. The molecule has 2 aromatic rings. The molecule has 3 rings (SSSR count). The van der Waals surface area contributed by atoms with Crippen molar-refractivity contribution in [2.45, 2.75) is 11.8 Å². The first-order valence-electron chi connectivity index (χ1n) is 7.21. The van der Waals surface area contributed by atoms with Gasteiger partial charge in [-0.1, -0.05) is 18.2 Å². The summed E-state index contributed by atoms with van der Waals surface area (Å²) in [5, 5.41) is 0. The summed E-state index contributed by atoms with van der Waals surface area (Å²) in [6, 6.07) is 12.2. The van der Waals surface area contributed by atoms with Crippen LogP contribution >= 0.6 is 15.9 Å². The number of sulfonamides is 1. The van der Waals surface area contributed by atoms with Crippen molar-refractivity contribution < 1.29 is 17.9 Å². The number of para-hydroxylation sites is 1. The van der Waals surface area contributed by atoms with Crippen LogP contribution in [0.1, 0.15) is 6.92 Å². The zero-order chi connectivity index (χ0) is 16.4. The molecule has 0 spiro atoms. The van der Waals surface area contributed by atoms with Crippen molar-refractivity contribution in [3.63, 3.8) is 0 Å². The molecule has 0 fully saturated rings. The topological polar surface area (TPSA) is 55.8 Å². The number of rotatable bonds is 4. The standard InChI is InChI=1S/C16H16BrNO4S/c1-2-18(12-6-4-3-5-7-12)23(19,20)16-11-15-14(10-13(16)17)21-8-9-22-15/h3-7,10-11H,2,8-9H2,1H3. The molecule has 0 radical (unpaired) electrons. The summed E-state index contributed by atoms with van der Waals surface area (Å²) in [4.78, 5) is 0.160. The van der Waals surface area contributed by atoms with E-state index in [4.69, 9.17) is 9.47 Å². The lowest BCUT2D eigenvalue weighted by Gasteiger charge is -2.25. The summed E-state index contributed by atoms with van der Waals surface area (Å²) in [6.45, 7) is 2.99. The van der Waals surface area contributed by atoms with Crippen molar-refractivity contribution in [3.8, 4) is 11.5 Å². The van der Waals surface area contributed by atoms with Crippen LogP contribution in [-0.4, -0.2) is 28.2 Å². The Labute approximate surface area is 144 Å². The first-order chi connectivity index (χ1) is 11.0. The van der Waals surface area contributed by atoms with Gasteiger partial charge in [0.25, 0.3) is 10.0 Å². The largest absolute Gasteiger partial charge is 0.486 e. The van der Waals surface area contributed by atoms with Crippen LogP contribution in [0.4, 0.5) is 5.69 Å². The van der Waals surface area contributed by atoms with Crippen LogP contribution in [0.15, 0.2) is 51.8 Å². The highest BCUT2D eigenvalue weighted by atomic mass is 79.9. The van der Waals surface area contributed by atoms with Gasteiger partial charge in [0, 0.05) is 17.1 Å². The molecule has 7 heteroatoms. The van der Waals surface area contributed by atoms with E-state index in [-0.39, 0.29) is 4.90 Å². The molecule has 0 atom stereocenters. The van der Waals surface area contributed by atoms with E-state index in [0.29, 0.717) is 41.4 Å². The Balaban J connectivity index is 2.08. The highest BCUT2D eigenvalue weighted by Crippen LogP contribution is 2.39. The van der Waals surface area contributed by atoms with Crippen molar-refractivity contribution in [2.75, 3.05) is 24.1 Å². The third-order valence-electron chi connectivity index (χ3n) is 3.50. The number of benzene rings is 2. The smallest absolute Gasteiger partial charge is 0.265 e. The number of ether oxygens (including phenoxy) is 2. The van der Waals surface area contributed by atoms with Crippen LogP contribution in [0.5, 0.6) is 11.5 Å². The monoisotopic (exact) mass is 397 g/mol. The molecule has 0 saturated carbocycles. The van der Waals surface area contributed by atoms with Crippen molar-refractivity contribution in [3.05, 3.63) is 46.9 Å². The lowest BCUT2D eigenvalue weighted by atomic mass is 10.3. The zero-order valence-corrected chi connectivity index (χ0v) is 14.9. The average Bonchev–Trinajstić information content (AvgIpc) is 2.55. The maximum Gasteiger partial charge on any atom is 0.265 e. The fourth-order valence-corrected chi connectivity index (χ4v) is 4.92. The molecule has 122 valence electrons.